The fraction of sp³-hybridized carbons (Fsp3) is 0.0588. The summed E-state index contributed by atoms with van der Waals surface area (Å²) in [7, 11) is 0. The summed E-state index contributed by atoms with van der Waals surface area (Å²) in [5, 5.41) is 19.1. The summed E-state index contributed by atoms with van der Waals surface area (Å²) in [5.74, 6) is -0.135. The van der Waals surface area contributed by atoms with Gasteiger partial charge in [0.15, 0.2) is 0 Å². The molecule has 7 heteroatoms. The molecule has 0 aliphatic carbocycles. The lowest BCUT2D eigenvalue weighted by atomic mass is 10.3. The van der Waals surface area contributed by atoms with Gasteiger partial charge >= 0.3 is 0 Å². The molecule has 0 atom stereocenters. The molecular weight excluding hydrogens is 322 g/mol. The quantitative estimate of drug-likeness (QED) is 0.775. The van der Waals surface area contributed by atoms with Crippen LogP contribution in [0, 0.1) is 11.3 Å². The highest BCUT2D eigenvalue weighted by Crippen LogP contribution is 2.33. The number of nitriles is 1. The van der Waals surface area contributed by atoms with Gasteiger partial charge in [0.2, 0.25) is 11.7 Å². The van der Waals surface area contributed by atoms with E-state index < -0.39 is 0 Å². The van der Waals surface area contributed by atoms with Gasteiger partial charge in [-0.15, -0.1) is 10.2 Å². The van der Waals surface area contributed by atoms with E-state index >= 15 is 0 Å². The van der Waals surface area contributed by atoms with Crippen LogP contribution in [0.25, 0.3) is 0 Å². The molecule has 1 amide bonds. The number of para-hydroxylation sites is 1. The third-order valence-electron chi connectivity index (χ3n) is 3.16. The zero-order chi connectivity index (χ0) is 16.8. The standard InChI is InChI=1S/C17H13N5OS/c18-10-16-21-19-12-22(16)11-17(23)20-14-8-4-5-9-15(14)24-13-6-2-1-3-7-13/h1-9,12H,11H2,(H,20,23). The first-order valence-electron chi connectivity index (χ1n) is 7.16. The van der Waals surface area contributed by atoms with Crippen LogP contribution in [0.5, 0.6) is 0 Å². The Labute approximate surface area is 143 Å². The summed E-state index contributed by atoms with van der Waals surface area (Å²) < 4.78 is 1.41. The third kappa shape index (κ3) is 3.80. The molecule has 0 unspecified atom stereocenters. The van der Waals surface area contributed by atoms with Crippen molar-refractivity contribution in [3.8, 4) is 6.07 Å². The minimum absolute atomic E-state index is 0.0137. The maximum Gasteiger partial charge on any atom is 0.244 e. The Morgan fingerprint density at radius 3 is 2.71 bits per heavy atom. The highest BCUT2D eigenvalue weighted by atomic mass is 32.2. The van der Waals surface area contributed by atoms with E-state index in [1.54, 1.807) is 11.8 Å². The van der Waals surface area contributed by atoms with Crippen molar-refractivity contribution in [1.82, 2.24) is 14.8 Å². The minimum Gasteiger partial charge on any atom is -0.324 e. The minimum atomic E-state index is -0.243. The molecule has 118 valence electrons. The van der Waals surface area contributed by atoms with E-state index in [-0.39, 0.29) is 18.3 Å². The summed E-state index contributed by atoms with van der Waals surface area (Å²) >= 11 is 1.57. The number of rotatable bonds is 5. The fourth-order valence-corrected chi connectivity index (χ4v) is 3.00. The number of carbonyl (C=O) groups is 1. The first-order valence-corrected chi connectivity index (χ1v) is 7.97. The van der Waals surface area contributed by atoms with Gasteiger partial charge in [0.05, 0.1) is 5.69 Å². The van der Waals surface area contributed by atoms with Crippen molar-refractivity contribution in [3.05, 3.63) is 66.7 Å². The Balaban J connectivity index is 1.73. The molecule has 0 bridgehead atoms. The molecule has 1 N–H and O–H groups in total. The van der Waals surface area contributed by atoms with Gasteiger partial charge < -0.3 is 5.32 Å². The highest BCUT2D eigenvalue weighted by Gasteiger charge is 2.11. The van der Waals surface area contributed by atoms with Crippen molar-refractivity contribution in [2.75, 3.05) is 5.32 Å². The van der Waals surface area contributed by atoms with E-state index in [4.69, 9.17) is 5.26 Å². The molecule has 3 rings (SSSR count). The van der Waals surface area contributed by atoms with Crippen LogP contribution in [-0.4, -0.2) is 20.7 Å². The molecule has 1 aromatic heterocycles. The predicted octanol–water partition coefficient (Wildman–Crippen LogP) is 2.94. The molecule has 0 saturated heterocycles. The molecule has 0 spiro atoms. The van der Waals surface area contributed by atoms with Crippen LogP contribution in [0.2, 0.25) is 0 Å². The summed E-state index contributed by atoms with van der Waals surface area (Å²) in [5.41, 5.74) is 0.725. The summed E-state index contributed by atoms with van der Waals surface area (Å²) in [6.07, 6.45) is 1.36. The van der Waals surface area contributed by atoms with Crippen molar-refractivity contribution in [2.24, 2.45) is 0 Å². The van der Waals surface area contributed by atoms with Crippen LogP contribution in [-0.2, 0) is 11.3 Å². The number of carbonyl (C=O) groups excluding carboxylic acids is 1. The van der Waals surface area contributed by atoms with E-state index in [1.807, 2.05) is 60.7 Å². The Kier molecular flexibility index (Phi) is 4.89. The van der Waals surface area contributed by atoms with Crippen LogP contribution < -0.4 is 5.32 Å². The Morgan fingerprint density at radius 2 is 1.92 bits per heavy atom. The Bertz CT molecular complexity index is 885. The number of amides is 1. The van der Waals surface area contributed by atoms with Crippen LogP contribution in [0.3, 0.4) is 0 Å². The van der Waals surface area contributed by atoms with Crippen LogP contribution in [0.15, 0.2) is 70.7 Å². The number of benzene rings is 2. The summed E-state index contributed by atoms with van der Waals surface area (Å²) in [6, 6.07) is 19.4. The fourth-order valence-electron chi connectivity index (χ4n) is 2.08. The SMILES string of the molecule is N#Cc1nncn1CC(=O)Nc1ccccc1Sc1ccccc1. The zero-order valence-corrected chi connectivity index (χ0v) is 13.4. The number of aromatic nitrogens is 3. The largest absolute Gasteiger partial charge is 0.324 e. The third-order valence-corrected chi connectivity index (χ3v) is 4.25. The van der Waals surface area contributed by atoms with Crippen LogP contribution in [0.4, 0.5) is 5.69 Å². The number of anilines is 1. The molecule has 24 heavy (non-hydrogen) atoms. The van der Waals surface area contributed by atoms with Crippen LogP contribution >= 0.6 is 11.8 Å². The zero-order valence-electron chi connectivity index (χ0n) is 12.6. The second kappa shape index (κ2) is 7.44. The molecule has 3 aromatic rings. The average molecular weight is 335 g/mol. The van der Waals surface area contributed by atoms with Gasteiger partial charge in [-0.25, -0.2) is 0 Å². The molecular formula is C17H13N5OS. The van der Waals surface area contributed by atoms with Gasteiger partial charge in [-0.2, -0.15) is 5.26 Å². The molecule has 0 fully saturated rings. The van der Waals surface area contributed by atoms with Gasteiger partial charge in [0.1, 0.15) is 18.9 Å². The van der Waals surface area contributed by atoms with E-state index in [0.717, 1.165) is 15.5 Å². The van der Waals surface area contributed by atoms with Gasteiger partial charge in [-0.1, -0.05) is 42.1 Å². The first-order chi connectivity index (χ1) is 11.8. The second-order valence-electron chi connectivity index (χ2n) is 4.85. The molecule has 0 aliphatic heterocycles. The number of nitrogens with zero attached hydrogens (tertiary/aromatic N) is 4. The van der Waals surface area contributed by atoms with Crippen molar-refractivity contribution < 1.29 is 4.79 Å². The molecule has 1 heterocycles. The summed E-state index contributed by atoms with van der Waals surface area (Å²) in [4.78, 5) is 14.3. The van der Waals surface area contributed by atoms with Crippen molar-refractivity contribution in [3.63, 3.8) is 0 Å². The Hall–Kier alpha value is -3.11. The van der Waals surface area contributed by atoms with Gasteiger partial charge in [-0.3, -0.25) is 9.36 Å². The lowest BCUT2D eigenvalue weighted by Crippen LogP contribution is -2.19. The maximum absolute atomic E-state index is 12.2. The topological polar surface area (TPSA) is 83.6 Å². The van der Waals surface area contributed by atoms with E-state index in [0.29, 0.717) is 0 Å². The van der Waals surface area contributed by atoms with Crippen LogP contribution in [0.1, 0.15) is 5.82 Å². The maximum atomic E-state index is 12.2. The number of nitrogens with one attached hydrogen (secondary N) is 1. The predicted molar refractivity (Wildman–Crippen MR) is 90.4 cm³/mol. The first kappa shape index (κ1) is 15.8. The number of hydrogen-bond acceptors (Lipinski definition) is 5. The van der Waals surface area contributed by atoms with Crippen molar-refractivity contribution in [1.29, 1.82) is 5.26 Å². The van der Waals surface area contributed by atoms with Gasteiger partial charge in [0.25, 0.3) is 0 Å². The van der Waals surface area contributed by atoms with Gasteiger partial charge in [-0.05, 0) is 24.3 Å². The number of hydrogen-bond donors (Lipinski definition) is 1. The van der Waals surface area contributed by atoms with E-state index in [2.05, 4.69) is 15.5 Å². The van der Waals surface area contributed by atoms with E-state index in [1.165, 1.54) is 10.9 Å². The van der Waals surface area contributed by atoms with E-state index in [9.17, 15) is 4.79 Å². The monoisotopic (exact) mass is 335 g/mol. The van der Waals surface area contributed by atoms with Gasteiger partial charge in [0, 0.05) is 9.79 Å². The summed E-state index contributed by atoms with van der Waals surface area (Å²) in [6.45, 7) is -0.0137. The molecule has 2 aromatic carbocycles. The Morgan fingerprint density at radius 1 is 1.17 bits per heavy atom. The molecule has 0 radical (unpaired) electrons. The molecule has 0 saturated carbocycles. The lowest BCUT2D eigenvalue weighted by Gasteiger charge is -2.11. The average Bonchev–Trinajstić information content (AvgIpc) is 3.04. The lowest BCUT2D eigenvalue weighted by molar-refractivity contribution is -0.116. The second-order valence-corrected chi connectivity index (χ2v) is 5.97. The van der Waals surface area contributed by atoms with Crippen molar-refractivity contribution in [2.45, 2.75) is 16.3 Å². The van der Waals surface area contributed by atoms with Crippen molar-refractivity contribution >= 4 is 23.4 Å². The smallest absolute Gasteiger partial charge is 0.244 e. The molecule has 6 nitrogen and oxygen atoms in total. The highest BCUT2D eigenvalue weighted by molar-refractivity contribution is 7.99. The normalized spacial score (nSPS) is 10.1. The molecule has 0 aliphatic rings.